The molecule has 0 aliphatic heterocycles. The Balaban J connectivity index is 3.56. The predicted octanol–water partition coefficient (Wildman–Crippen LogP) is 5.89. The van der Waals surface area contributed by atoms with Crippen LogP contribution in [0.2, 0.25) is 25.1 Å². The van der Waals surface area contributed by atoms with Crippen molar-refractivity contribution in [3.63, 3.8) is 0 Å². The average Bonchev–Trinajstić information content (AvgIpc) is 2.13. The van der Waals surface area contributed by atoms with Gasteiger partial charge in [-0.3, -0.25) is 0 Å². The Morgan fingerprint density at radius 2 is 1.00 bits per heavy atom. The monoisotopic (exact) mass is 388 g/mol. The van der Waals surface area contributed by atoms with Gasteiger partial charge in [-0.05, 0) is 0 Å². The first-order chi connectivity index (χ1) is 6.00. The topological polar surface area (TPSA) is 0 Å². The summed E-state index contributed by atoms with van der Waals surface area (Å²) in [6.45, 7) is 0. The summed E-state index contributed by atoms with van der Waals surface area (Å²) in [5.41, 5.74) is 0.711. The van der Waals surface area contributed by atoms with Crippen LogP contribution in [0.15, 0.2) is 0 Å². The van der Waals surface area contributed by atoms with Crippen LogP contribution in [0.3, 0.4) is 0 Å². The minimum absolute atomic E-state index is 0.201. The van der Waals surface area contributed by atoms with E-state index in [1.54, 1.807) is 0 Å². The first kappa shape index (κ1) is 12.5. The zero-order valence-electron chi connectivity index (χ0n) is 5.97. The predicted molar refractivity (Wildman–Crippen MR) is 69.2 cm³/mol. The van der Waals surface area contributed by atoms with E-state index in [1.807, 2.05) is 0 Å². The van der Waals surface area contributed by atoms with Crippen molar-refractivity contribution in [2.75, 3.05) is 0 Å². The highest BCUT2D eigenvalue weighted by Gasteiger charge is 2.17. The molecule has 0 bridgehead atoms. The minimum atomic E-state index is 0.201. The van der Waals surface area contributed by atoms with Crippen molar-refractivity contribution in [2.24, 2.45) is 0 Å². The maximum atomic E-state index is 5.91. The number of hydrogen-bond acceptors (Lipinski definition) is 0. The molecule has 0 spiro atoms. The first-order valence-electron chi connectivity index (χ1n) is 3.07. The molecule has 0 N–H and O–H groups in total. The number of hydrogen-bond donors (Lipinski definition) is 0. The second-order valence-corrected chi connectivity index (χ2v) is 4.83. The lowest BCUT2D eigenvalue weighted by Gasteiger charge is -2.09. The normalized spacial score (nSPS) is 10.6. The van der Waals surface area contributed by atoms with Crippen molar-refractivity contribution in [3.05, 3.63) is 30.7 Å². The summed E-state index contributed by atoms with van der Waals surface area (Å²) in [5, 5.41) is 1.45. The third-order valence-corrected chi connectivity index (χ3v) is 4.55. The highest BCUT2D eigenvalue weighted by Crippen LogP contribution is 2.44. The van der Waals surface area contributed by atoms with Crippen LogP contribution in [0.25, 0.3) is 0 Å². The molecular weight excluding hydrogens is 388 g/mol. The number of rotatable bonds is 1. The second kappa shape index (κ2) is 4.95. The summed E-state index contributed by atoms with van der Waals surface area (Å²) >= 11 is 31.4. The molecule has 0 aliphatic carbocycles. The van der Waals surface area contributed by atoms with Crippen molar-refractivity contribution >= 4 is 80.6 Å². The maximum absolute atomic E-state index is 5.91. The Morgan fingerprint density at radius 3 is 1.31 bits per heavy atom. The van der Waals surface area contributed by atoms with E-state index in [4.69, 9.17) is 58.0 Å². The van der Waals surface area contributed by atoms with Gasteiger partial charge in [0.15, 0.2) is 0 Å². The molecule has 1 aromatic carbocycles. The van der Waals surface area contributed by atoms with E-state index >= 15 is 0 Å². The number of benzene rings is 1. The van der Waals surface area contributed by atoms with Crippen LogP contribution in [0, 0.1) is 0 Å². The Labute approximate surface area is 115 Å². The van der Waals surface area contributed by atoms with Gasteiger partial charge in [-0.1, -0.05) is 80.6 Å². The van der Waals surface area contributed by atoms with E-state index in [0.29, 0.717) is 20.0 Å². The lowest BCUT2D eigenvalue weighted by Crippen LogP contribution is -1.87. The molecule has 0 heterocycles. The van der Waals surface area contributed by atoms with E-state index in [1.165, 1.54) is 0 Å². The smallest absolute Gasteiger partial charge is 0.0809 e. The van der Waals surface area contributed by atoms with Gasteiger partial charge in [-0.25, -0.2) is 0 Å². The van der Waals surface area contributed by atoms with E-state index in [2.05, 4.69) is 22.6 Å². The van der Waals surface area contributed by atoms with Crippen LogP contribution in [-0.2, 0) is 4.43 Å². The second-order valence-electron chi connectivity index (χ2n) is 2.18. The van der Waals surface area contributed by atoms with E-state index < -0.39 is 0 Å². The van der Waals surface area contributed by atoms with Gasteiger partial charge in [0.2, 0.25) is 0 Å². The van der Waals surface area contributed by atoms with Gasteiger partial charge in [0.05, 0.1) is 25.1 Å². The van der Waals surface area contributed by atoms with Gasteiger partial charge in [0, 0.05) is 9.99 Å². The molecule has 0 amide bonds. The van der Waals surface area contributed by atoms with Crippen LogP contribution in [0.1, 0.15) is 5.56 Å². The quantitative estimate of drug-likeness (QED) is 0.243. The highest BCUT2D eigenvalue weighted by molar-refractivity contribution is 14.1. The number of halogens is 6. The molecule has 0 saturated carbocycles. The fourth-order valence-corrected chi connectivity index (χ4v) is 3.29. The maximum Gasteiger partial charge on any atom is 0.0809 e. The summed E-state index contributed by atoms with van der Waals surface area (Å²) in [7, 11) is 0. The zero-order valence-corrected chi connectivity index (χ0v) is 11.9. The standard InChI is InChI=1S/C7H2Cl5I/c8-3-2(1-13)4(9)6(11)7(12)5(3)10/h1H2. The molecule has 6 heteroatoms. The third kappa shape index (κ3) is 2.32. The molecule has 13 heavy (non-hydrogen) atoms. The average molecular weight is 390 g/mol. The van der Waals surface area contributed by atoms with Crippen LogP contribution >= 0.6 is 80.6 Å². The molecular formula is C7H2Cl5I. The summed E-state index contributed by atoms with van der Waals surface area (Å²) < 4.78 is 0.631. The summed E-state index contributed by atoms with van der Waals surface area (Å²) in [6.07, 6.45) is 0. The minimum Gasteiger partial charge on any atom is -0.0823 e. The van der Waals surface area contributed by atoms with Crippen molar-refractivity contribution in [1.29, 1.82) is 0 Å². The van der Waals surface area contributed by atoms with Gasteiger partial charge in [-0.2, -0.15) is 0 Å². The molecule has 0 nitrogen and oxygen atoms in total. The van der Waals surface area contributed by atoms with Crippen molar-refractivity contribution in [3.8, 4) is 0 Å². The molecule has 0 atom stereocenters. The Kier molecular flexibility index (Phi) is 4.75. The summed E-state index contributed by atoms with van der Waals surface area (Å²) in [6, 6.07) is 0. The van der Waals surface area contributed by atoms with Gasteiger partial charge in [0.25, 0.3) is 0 Å². The Bertz CT molecular complexity index is 320. The van der Waals surface area contributed by atoms with E-state index in [9.17, 15) is 0 Å². The van der Waals surface area contributed by atoms with Gasteiger partial charge in [0.1, 0.15) is 0 Å². The van der Waals surface area contributed by atoms with Crippen LogP contribution in [0.4, 0.5) is 0 Å². The van der Waals surface area contributed by atoms with Gasteiger partial charge >= 0.3 is 0 Å². The lowest BCUT2D eigenvalue weighted by molar-refractivity contribution is 1.45. The van der Waals surface area contributed by atoms with Gasteiger partial charge in [-0.15, -0.1) is 0 Å². The molecule has 0 radical (unpaired) electrons. The van der Waals surface area contributed by atoms with Gasteiger partial charge < -0.3 is 0 Å². The lowest BCUT2D eigenvalue weighted by atomic mass is 10.2. The molecule has 0 aromatic heterocycles. The first-order valence-corrected chi connectivity index (χ1v) is 6.48. The zero-order chi connectivity index (χ0) is 10.2. The molecule has 72 valence electrons. The van der Waals surface area contributed by atoms with Crippen molar-refractivity contribution < 1.29 is 0 Å². The van der Waals surface area contributed by atoms with Crippen molar-refractivity contribution in [1.82, 2.24) is 0 Å². The fourth-order valence-electron chi connectivity index (χ4n) is 0.768. The van der Waals surface area contributed by atoms with E-state index in [0.717, 1.165) is 0 Å². The SMILES string of the molecule is Clc1c(Cl)c(Cl)c(CI)c(Cl)c1Cl. The molecule has 0 unspecified atom stereocenters. The molecule has 1 aromatic rings. The molecule has 0 saturated heterocycles. The Morgan fingerprint density at radius 1 is 0.692 bits per heavy atom. The molecule has 0 fully saturated rings. The molecule has 0 aliphatic rings. The largest absolute Gasteiger partial charge is 0.0823 e. The summed E-state index contributed by atoms with van der Waals surface area (Å²) in [4.78, 5) is 0. The van der Waals surface area contributed by atoms with Crippen molar-refractivity contribution in [2.45, 2.75) is 4.43 Å². The van der Waals surface area contributed by atoms with E-state index in [-0.39, 0.29) is 15.1 Å². The third-order valence-electron chi connectivity index (χ3n) is 1.43. The van der Waals surface area contributed by atoms with Crippen LogP contribution in [-0.4, -0.2) is 0 Å². The fraction of sp³-hybridized carbons (Fsp3) is 0.143. The highest BCUT2D eigenvalue weighted by atomic mass is 127. The molecule has 1 rings (SSSR count). The van der Waals surface area contributed by atoms with Crippen LogP contribution in [0.5, 0.6) is 0 Å². The summed E-state index contributed by atoms with van der Waals surface area (Å²) in [5.74, 6) is 0. The Hall–Kier alpha value is 1.40. The van der Waals surface area contributed by atoms with Crippen LogP contribution < -0.4 is 0 Å². The number of alkyl halides is 1.